The van der Waals surface area contributed by atoms with E-state index in [2.05, 4.69) is 9.97 Å². The number of aromatic nitrogens is 3. The van der Waals surface area contributed by atoms with Crippen LogP contribution in [0.25, 0.3) is 11.3 Å². The van der Waals surface area contributed by atoms with Crippen molar-refractivity contribution in [2.24, 2.45) is 0 Å². The van der Waals surface area contributed by atoms with Gasteiger partial charge in [-0.15, -0.1) is 0 Å². The number of nitrogens with two attached hydrogens (primary N) is 1. The first-order chi connectivity index (χ1) is 10.1. The number of aryl methyl sites for hydroxylation is 2. The molecule has 0 amide bonds. The highest BCUT2D eigenvalue weighted by Gasteiger charge is 2.21. The van der Waals surface area contributed by atoms with Crippen molar-refractivity contribution in [3.05, 3.63) is 35.5 Å². The molecule has 5 nitrogen and oxygen atoms in total. The van der Waals surface area contributed by atoms with E-state index in [1.165, 1.54) is 0 Å². The molecule has 2 aromatic rings. The van der Waals surface area contributed by atoms with Crippen LogP contribution in [0.4, 0.5) is 5.69 Å². The fourth-order valence-electron chi connectivity index (χ4n) is 2.75. The first kappa shape index (κ1) is 13.9. The quantitative estimate of drug-likeness (QED) is 0.917. The van der Waals surface area contributed by atoms with Crippen molar-refractivity contribution in [2.45, 2.75) is 32.6 Å². The van der Waals surface area contributed by atoms with Gasteiger partial charge in [-0.3, -0.25) is 0 Å². The normalized spacial score (nSPS) is 16.1. The van der Waals surface area contributed by atoms with E-state index in [1.807, 2.05) is 32.3 Å². The van der Waals surface area contributed by atoms with Crippen molar-refractivity contribution in [2.75, 3.05) is 18.9 Å². The molecule has 1 aliphatic rings. The van der Waals surface area contributed by atoms with Gasteiger partial charge in [-0.1, -0.05) is 0 Å². The average molecular weight is 284 g/mol. The van der Waals surface area contributed by atoms with Gasteiger partial charge in [0.2, 0.25) is 0 Å². The molecule has 0 atom stereocenters. The third-order valence-electron chi connectivity index (χ3n) is 3.94. The Labute approximate surface area is 124 Å². The fraction of sp³-hybridized carbons (Fsp3) is 0.438. The van der Waals surface area contributed by atoms with Crippen LogP contribution in [-0.2, 0) is 4.74 Å². The first-order valence-corrected chi connectivity index (χ1v) is 7.29. The Morgan fingerprint density at radius 2 is 1.81 bits per heavy atom. The van der Waals surface area contributed by atoms with Crippen LogP contribution in [0.15, 0.2) is 18.5 Å². The van der Waals surface area contributed by atoms with E-state index in [1.54, 1.807) is 0 Å². The Morgan fingerprint density at radius 3 is 2.48 bits per heavy atom. The molecule has 2 aromatic heterocycles. The lowest BCUT2D eigenvalue weighted by molar-refractivity contribution is 0.0847. The predicted octanol–water partition coefficient (Wildman–Crippen LogP) is 2.63. The van der Waals surface area contributed by atoms with Crippen molar-refractivity contribution < 1.29 is 4.74 Å². The average Bonchev–Trinajstić information content (AvgIpc) is 2.49. The number of rotatable bonds is 2. The van der Waals surface area contributed by atoms with Gasteiger partial charge >= 0.3 is 0 Å². The van der Waals surface area contributed by atoms with Crippen molar-refractivity contribution in [1.29, 1.82) is 0 Å². The van der Waals surface area contributed by atoms with Crippen LogP contribution in [0.5, 0.6) is 0 Å². The summed E-state index contributed by atoms with van der Waals surface area (Å²) in [4.78, 5) is 13.4. The van der Waals surface area contributed by atoms with Crippen LogP contribution >= 0.6 is 0 Å². The van der Waals surface area contributed by atoms with Crippen LogP contribution in [0.3, 0.4) is 0 Å². The number of ether oxygens (including phenoxy) is 1. The number of nitrogen functional groups attached to an aromatic ring is 1. The molecule has 110 valence electrons. The minimum atomic E-state index is 0.379. The third kappa shape index (κ3) is 2.88. The second-order valence-electron chi connectivity index (χ2n) is 5.53. The van der Waals surface area contributed by atoms with Gasteiger partial charge in [0.25, 0.3) is 0 Å². The van der Waals surface area contributed by atoms with Crippen LogP contribution < -0.4 is 5.73 Å². The number of nitrogens with zero attached hydrogens (tertiary/aromatic N) is 3. The van der Waals surface area contributed by atoms with Crippen LogP contribution in [-0.4, -0.2) is 28.2 Å². The molecular formula is C16H20N4O. The summed E-state index contributed by atoms with van der Waals surface area (Å²) in [5.74, 6) is 1.14. The highest BCUT2D eigenvalue weighted by atomic mass is 16.5. The summed E-state index contributed by atoms with van der Waals surface area (Å²) in [6.07, 6.45) is 5.59. The van der Waals surface area contributed by atoms with Gasteiger partial charge in [0.15, 0.2) is 0 Å². The van der Waals surface area contributed by atoms with Gasteiger partial charge in [0.05, 0.1) is 17.1 Å². The van der Waals surface area contributed by atoms with Crippen molar-refractivity contribution in [3.63, 3.8) is 0 Å². The van der Waals surface area contributed by atoms with Gasteiger partial charge in [0, 0.05) is 37.1 Å². The maximum Gasteiger partial charge on any atom is 0.125 e. The molecule has 0 unspecified atom stereocenters. The molecule has 0 radical (unpaired) electrons. The summed E-state index contributed by atoms with van der Waals surface area (Å²) in [6.45, 7) is 5.46. The lowest BCUT2D eigenvalue weighted by Gasteiger charge is -2.23. The van der Waals surface area contributed by atoms with Gasteiger partial charge in [-0.05, 0) is 38.3 Å². The molecule has 0 aliphatic carbocycles. The van der Waals surface area contributed by atoms with E-state index < -0.39 is 0 Å². The van der Waals surface area contributed by atoms with Crippen molar-refractivity contribution in [3.8, 4) is 11.3 Å². The second-order valence-corrected chi connectivity index (χ2v) is 5.53. The summed E-state index contributed by atoms with van der Waals surface area (Å²) in [7, 11) is 0. The minimum absolute atomic E-state index is 0.379. The molecule has 1 fully saturated rings. The maximum absolute atomic E-state index is 6.19. The van der Waals surface area contributed by atoms with Gasteiger partial charge in [-0.2, -0.15) is 0 Å². The predicted molar refractivity (Wildman–Crippen MR) is 81.9 cm³/mol. The fourth-order valence-corrected chi connectivity index (χ4v) is 2.75. The summed E-state index contributed by atoms with van der Waals surface area (Å²) in [6, 6.07) is 2.01. The molecule has 3 rings (SSSR count). The van der Waals surface area contributed by atoms with Gasteiger partial charge in [0.1, 0.15) is 5.82 Å². The number of hydrogen-bond donors (Lipinski definition) is 1. The molecule has 0 saturated carbocycles. The summed E-state index contributed by atoms with van der Waals surface area (Å²) < 4.78 is 5.42. The largest absolute Gasteiger partial charge is 0.397 e. The molecule has 2 N–H and O–H groups in total. The zero-order valence-corrected chi connectivity index (χ0v) is 12.5. The SMILES string of the molecule is Cc1ncc(-c2nc(C3CCOCC3)c(N)cc2C)cn1. The summed E-state index contributed by atoms with van der Waals surface area (Å²) >= 11 is 0. The monoisotopic (exact) mass is 284 g/mol. The molecule has 0 spiro atoms. The topological polar surface area (TPSA) is 73.9 Å². The zero-order valence-electron chi connectivity index (χ0n) is 12.5. The van der Waals surface area contributed by atoms with Crippen LogP contribution in [0.1, 0.15) is 35.8 Å². The van der Waals surface area contributed by atoms with Gasteiger partial charge in [-0.25, -0.2) is 15.0 Å². The minimum Gasteiger partial charge on any atom is -0.397 e. The molecule has 21 heavy (non-hydrogen) atoms. The lowest BCUT2D eigenvalue weighted by atomic mass is 9.93. The van der Waals surface area contributed by atoms with Crippen molar-refractivity contribution >= 4 is 5.69 Å². The number of anilines is 1. The molecule has 0 aromatic carbocycles. The molecule has 3 heterocycles. The van der Waals surface area contributed by atoms with E-state index in [0.29, 0.717) is 5.92 Å². The van der Waals surface area contributed by atoms with E-state index >= 15 is 0 Å². The van der Waals surface area contributed by atoms with Crippen LogP contribution in [0.2, 0.25) is 0 Å². The lowest BCUT2D eigenvalue weighted by Crippen LogP contribution is -2.17. The highest BCUT2D eigenvalue weighted by molar-refractivity contribution is 5.65. The van der Waals surface area contributed by atoms with Crippen LogP contribution in [0, 0.1) is 13.8 Å². The first-order valence-electron chi connectivity index (χ1n) is 7.29. The Bertz CT molecular complexity index is 633. The highest BCUT2D eigenvalue weighted by Crippen LogP contribution is 2.32. The Hall–Kier alpha value is -2.01. The Balaban J connectivity index is 2.02. The smallest absolute Gasteiger partial charge is 0.125 e. The van der Waals surface area contributed by atoms with Gasteiger partial charge < -0.3 is 10.5 Å². The van der Waals surface area contributed by atoms with E-state index in [0.717, 1.165) is 60.1 Å². The third-order valence-corrected chi connectivity index (χ3v) is 3.94. The molecule has 5 heteroatoms. The maximum atomic E-state index is 6.19. The molecule has 1 aliphatic heterocycles. The van der Waals surface area contributed by atoms with Crippen molar-refractivity contribution in [1.82, 2.24) is 15.0 Å². The van der Waals surface area contributed by atoms with E-state index in [4.69, 9.17) is 15.5 Å². The second kappa shape index (κ2) is 5.77. The molecule has 0 bridgehead atoms. The summed E-state index contributed by atoms with van der Waals surface area (Å²) in [5.41, 5.74) is 10.9. The Morgan fingerprint density at radius 1 is 1.14 bits per heavy atom. The summed E-state index contributed by atoms with van der Waals surface area (Å²) in [5, 5.41) is 0. The number of pyridine rings is 1. The Kier molecular flexibility index (Phi) is 3.84. The van der Waals surface area contributed by atoms with E-state index in [-0.39, 0.29) is 0 Å². The standard InChI is InChI=1S/C16H20N4O/c1-10-7-14(17)16(12-3-5-21-6-4-12)20-15(10)13-8-18-11(2)19-9-13/h7-9,12H,3-6,17H2,1-2H3. The number of hydrogen-bond acceptors (Lipinski definition) is 5. The molecular weight excluding hydrogens is 264 g/mol. The molecule has 1 saturated heterocycles. The van der Waals surface area contributed by atoms with E-state index in [9.17, 15) is 0 Å². The zero-order chi connectivity index (χ0) is 14.8.